The minimum absolute atomic E-state index is 0.0232. The molecule has 1 unspecified atom stereocenters. The Morgan fingerprint density at radius 1 is 1.25 bits per heavy atom. The summed E-state index contributed by atoms with van der Waals surface area (Å²) < 4.78 is 0. The van der Waals surface area contributed by atoms with Gasteiger partial charge in [0, 0.05) is 25.0 Å². The maximum atomic E-state index is 11.6. The van der Waals surface area contributed by atoms with Crippen LogP contribution in [-0.4, -0.2) is 41.6 Å². The Morgan fingerprint density at radius 3 is 2.40 bits per heavy atom. The zero-order valence-corrected chi connectivity index (χ0v) is 11.9. The van der Waals surface area contributed by atoms with E-state index >= 15 is 0 Å². The number of carbonyl (C=O) groups excluding carboxylic acids is 2. The second-order valence-electron chi connectivity index (χ2n) is 5.44. The van der Waals surface area contributed by atoms with Crippen LogP contribution in [0.15, 0.2) is 0 Å². The van der Waals surface area contributed by atoms with Crippen LogP contribution in [-0.2, 0) is 9.59 Å². The zero-order chi connectivity index (χ0) is 15.1. The smallest absolute Gasteiger partial charge is 0.315 e. The number of aliphatic carboxylic acids is 1. The number of carboxylic acid groups (broad SMARTS) is 1. The van der Waals surface area contributed by atoms with Crippen LogP contribution in [0.25, 0.3) is 0 Å². The van der Waals surface area contributed by atoms with Crippen molar-refractivity contribution in [2.24, 2.45) is 5.92 Å². The molecule has 114 valence electrons. The summed E-state index contributed by atoms with van der Waals surface area (Å²) in [4.78, 5) is 33.7. The van der Waals surface area contributed by atoms with Crippen LogP contribution in [0.4, 0.5) is 4.79 Å². The Kier molecular flexibility index (Phi) is 6.27. The van der Waals surface area contributed by atoms with Crippen molar-refractivity contribution >= 4 is 17.9 Å². The molecule has 1 atom stereocenters. The van der Waals surface area contributed by atoms with Gasteiger partial charge in [-0.05, 0) is 18.8 Å². The average molecular weight is 285 g/mol. The molecule has 0 radical (unpaired) electrons. The minimum atomic E-state index is -0.951. The number of carbonyl (C=O) groups is 3. The van der Waals surface area contributed by atoms with E-state index in [2.05, 4.69) is 16.0 Å². The lowest BCUT2D eigenvalue weighted by atomic mass is 10.0. The van der Waals surface area contributed by atoms with Crippen molar-refractivity contribution < 1.29 is 19.5 Å². The molecule has 0 bridgehead atoms. The summed E-state index contributed by atoms with van der Waals surface area (Å²) in [6, 6.07) is -0.547. The largest absolute Gasteiger partial charge is 0.481 e. The monoisotopic (exact) mass is 285 g/mol. The van der Waals surface area contributed by atoms with Crippen molar-refractivity contribution in [2.75, 3.05) is 6.54 Å². The van der Waals surface area contributed by atoms with Gasteiger partial charge in [-0.3, -0.25) is 9.59 Å². The molecular weight excluding hydrogens is 262 g/mol. The predicted octanol–water partition coefficient (Wildman–Crippen LogP) is 0.454. The first-order valence-corrected chi connectivity index (χ1v) is 6.94. The molecule has 0 aromatic heterocycles. The molecule has 1 aliphatic rings. The second-order valence-corrected chi connectivity index (χ2v) is 5.44. The topological polar surface area (TPSA) is 108 Å². The molecular formula is C13H23N3O4. The molecule has 0 aromatic rings. The molecule has 0 spiro atoms. The van der Waals surface area contributed by atoms with Gasteiger partial charge in [-0.15, -0.1) is 0 Å². The Balaban J connectivity index is 2.19. The SMILES string of the molecule is CC(C)C(CC(=O)O)NC(=O)NCCC(=O)NC1CC1. The highest BCUT2D eigenvalue weighted by Gasteiger charge is 2.23. The van der Waals surface area contributed by atoms with Crippen molar-refractivity contribution in [3.63, 3.8) is 0 Å². The van der Waals surface area contributed by atoms with Crippen molar-refractivity contribution in [3.8, 4) is 0 Å². The van der Waals surface area contributed by atoms with Gasteiger partial charge in [0.25, 0.3) is 0 Å². The molecule has 1 fully saturated rings. The summed E-state index contributed by atoms with van der Waals surface area (Å²) >= 11 is 0. The van der Waals surface area contributed by atoms with E-state index in [4.69, 9.17) is 5.11 Å². The van der Waals surface area contributed by atoms with Crippen molar-refractivity contribution in [1.82, 2.24) is 16.0 Å². The van der Waals surface area contributed by atoms with Crippen molar-refractivity contribution in [1.29, 1.82) is 0 Å². The molecule has 0 aliphatic heterocycles. The molecule has 4 N–H and O–H groups in total. The zero-order valence-electron chi connectivity index (χ0n) is 11.9. The molecule has 0 heterocycles. The first-order chi connectivity index (χ1) is 9.38. The molecule has 0 saturated heterocycles. The van der Waals surface area contributed by atoms with Crippen LogP contribution in [0.3, 0.4) is 0 Å². The standard InChI is InChI=1S/C13H23N3O4/c1-8(2)10(7-12(18)19)16-13(20)14-6-5-11(17)15-9-3-4-9/h8-10H,3-7H2,1-2H3,(H,15,17)(H,18,19)(H2,14,16,20). The van der Waals surface area contributed by atoms with Crippen LogP contribution < -0.4 is 16.0 Å². The van der Waals surface area contributed by atoms with Crippen LogP contribution in [0.5, 0.6) is 0 Å². The first-order valence-electron chi connectivity index (χ1n) is 6.94. The summed E-state index contributed by atoms with van der Waals surface area (Å²) in [5.74, 6) is -0.999. The van der Waals surface area contributed by atoms with Gasteiger partial charge < -0.3 is 21.1 Å². The van der Waals surface area contributed by atoms with E-state index in [1.165, 1.54) is 0 Å². The van der Waals surface area contributed by atoms with E-state index in [1.807, 2.05) is 13.8 Å². The van der Waals surface area contributed by atoms with E-state index in [1.54, 1.807) is 0 Å². The Hall–Kier alpha value is -1.79. The molecule has 0 aromatic carbocycles. The van der Waals surface area contributed by atoms with Crippen molar-refractivity contribution in [2.45, 2.75) is 51.6 Å². The average Bonchev–Trinajstić information content (AvgIpc) is 3.11. The molecule has 1 aliphatic carbocycles. The van der Waals surface area contributed by atoms with Gasteiger partial charge in [-0.25, -0.2) is 4.79 Å². The highest BCUT2D eigenvalue weighted by atomic mass is 16.4. The maximum Gasteiger partial charge on any atom is 0.315 e. The summed E-state index contributed by atoms with van der Waals surface area (Å²) in [6.45, 7) is 3.93. The van der Waals surface area contributed by atoms with Gasteiger partial charge in [0.05, 0.1) is 6.42 Å². The lowest BCUT2D eigenvalue weighted by Gasteiger charge is -2.20. The molecule has 1 saturated carbocycles. The number of nitrogens with one attached hydrogen (secondary N) is 3. The summed E-state index contributed by atoms with van der Waals surface area (Å²) in [5, 5.41) is 16.8. The minimum Gasteiger partial charge on any atom is -0.481 e. The maximum absolute atomic E-state index is 11.6. The molecule has 7 heteroatoms. The molecule has 1 rings (SSSR count). The lowest BCUT2D eigenvalue weighted by molar-refractivity contribution is -0.137. The lowest BCUT2D eigenvalue weighted by Crippen LogP contribution is -2.46. The fourth-order valence-corrected chi connectivity index (χ4v) is 1.68. The van der Waals surface area contributed by atoms with Crippen LogP contribution >= 0.6 is 0 Å². The Labute approximate surface area is 118 Å². The number of carboxylic acids is 1. The van der Waals surface area contributed by atoms with Crippen LogP contribution in [0.2, 0.25) is 0 Å². The van der Waals surface area contributed by atoms with E-state index in [0.717, 1.165) is 12.8 Å². The number of amides is 3. The van der Waals surface area contributed by atoms with Gasteiger partial charge in [-0.1, -0.05) is 13.8 Å². The van der Waals surface area contributed by atoms with Gasteiger partial charge >= 0.3 is 12.0 Å². The van der Waals surface area contributed by atoms with E-state index in [-0.39, 0.29) is 31.2 Å². The van der Waals surface area contributed by atoms with Crippen LogP contribution in [0, 0.1) is 5.92 Å². The molecule has 7 nitrogen and oxygen atoms in total. The fourth-order valence-electron chi connectivity index (χ4n) is 1.68. The van der Waals surface area contributed by atoms with Gasteiger partial charge in [0.15, 0.2) is 0 Å². The van der Waals surface area contributed by atoms with Gasteiger partial charge in [0.1, 0.15) is 0 Å². The fraction of sp³-hybridized carbons (Fsp3) is 0.769. The van der Waals surface area contributed by atoms with Crippen molar-refractivity contribution in [3.05, 3.63) is 0 Å². The third-order valence-corrected chi connectivity index (χ3v) is 3.10. The van der Waals surface area contributed by atoms with Gasteiger partial charge in [-0.2, -0.15) is 0 Å². The second kappa shape index (κ2) is 7.72. The van der Waals surface area contributed by atoms with Gasteiger partial charge in [0.2, 0.25) is 5.91 Å². The quantitative estimate of drug-likeness (QED) is 0.519. The third kappa shape index (κ3) is 6.96. The number of urea groups is 1. The molecule has 3 amide bonds. The normalized spacial score (nSPS) is 15.6. The third-order valence-electron chi connectivity index (χ3n) is 3.10. The van der Waals surface area contributed by atoms with Crippen LogP contribution in [0.1, 0.15) is 39.5 Å². The first kappa shape index (κ1) is 16.3. The number of rotatable bonds is 8. The summed E-state index contributed by atoms with van der Waals surface area (Å²) in [6.07, 6.45) is 2.18. The predicted molar refractivity (Wildman–Crippen MR) is 73.2 cm³/mol. The van der Waals surface area contributed by atoms with E-state index in [9.17, 15) is 14.4 Å². The highest BCUT2D eigenvalue weighted by molar-refractivity contribution is 5.79. The van der Waals surface area contributed by atoms with E-state index in [0.29, 0.717) is 6.04 Å². The summed E-state index contributed by atoms with van der Waals surface area (Å²) in [5.41, 5.74) is 0. The number of hydrogen-bond donors (Lipinski definition) is 4. The molecule has 20 heavy (non-hydrogen) atoms. The summed E-state index contributed by atoms with van der Waals surface area (Å²) in [7, 11) is 0. The Bertz CT molecular complexity index is 367. The number of hydrogen-bond acceptors (Lipinski definition) is 3. The van der Waals surface area contributed by atoms with E-state index < -0.39 is 18.0 Å². The Morgan fingerprint density at radius 2 is 1.90 bits per heavy atom. The highest BCUT2D eigenvalue weighted by Crippen LogP contribution is 2.18.